The van der Waals surface area contributed by atoms with Crippen LogP contribution in [0.5, 0.6) is 0 Å². The van der Waals surface area contributed by atoms with Gasteiger partial charge in [-0.05, 0) is 26.2 Å². The highest BCUT2D eigenvalue weighted by molar-refractivity contribution is 5.85. The van der Waals surface area contributed by atoms with Crippen LogP contribution in [-0.4, -0.2) is 16.1 Å². The normalized spacial score (nSPS) is 18.9. The molecule has 0 unspecified atom stereocenters. The minimum absolute atomic E-state index is 0.00488. The topological polar surface area (TPSA) is 63.3 Å². The lowest BCUT2D eigenvalue weighted by Crippen LogP contribution is -2.21. The van der Waals surface area contributed by atoms with Crippen molar-refractivity contribution in [2.45, 2.75) is 51.4 Å². The molecule has 88 valence electrons. The van der Waals surface area contributed by atoms with Crippen molar-refractivity contribution in [1.29, 1.82) is 0 Å². The number of aryl methyl sites for hydroxylation is 1. The number of carbonyl (C=O) groups is 1. The van der Waals surface area contributed by atoms with Gasteiger partial charge in [0.05, 0.1) is 5.69 Å². The molecule has 4 heteroatoms. The van der Waals surface area contributed by atoms with Crippen molar-refractivity contribution >= 4 is 5.97 Å². The molecule has 1 aliphatic rings. The highest BCUT2D eigenvalue weighted by Gasteiger charge is 2.39. The van der Waals surface area contributed by atoms with Crippen LogP contribution in [0.25, 0.3) is 0 Å². The maximum atomic E-state index is 10.9. The van der Waals surface area contributed by atoms with Gasteiger partial charge >= 0.3 is 5.97 Å². The fourth-order valence-corrected chi connectivity index (χ4v) is 2.59. The summed E-state index contributed by atoms with van der Waals surface area (Å²) >= 11 is 0. The third-order valence-corrected chi connectivity index (χ3v) is 3.68. The van der Waals surface area contributed by atoms with Crippen molar-refractivity contribution in [3.8, 4) is 0 Å². The van der Waals surface area contributed by atoms with Crippen LogP contribution in [0.1, 0.15) is 61.2 Å². The molecule has 0 spiro atoms. The number of oxazole rings is 1. The van der Waals surface area contributed by atoms with E-state index in [0.717, 1.165) is 19.3 Å². The summed E-state index contributed by atoms with van der Waals surface area (Å²) in [6.07, 6.45) is 5.44. The summed E-state index contributed by atoms with van der Waals surface area (Å²) in [6, 6.07) is 0. The summed E-state index contributed by atoms with van der Waals surface area (Å²) in [4.78, 5) is 15.2. The molecule has 1 aromatic rings. The Morgan fingerprint density at radius 1 is 1.50 bits per heavy atom. The second-order valence-electron chi connectivity index (χ2n) is 4.58. The SMILES string of the molecule is CCC1(c2nc(C)c(C(=O)O)o2)CCCC1. The summed E-state index contributed by atoms with van der Waals surface area (Å²) < 4.78 is 5.44. The molecule has 2 rings (SSSR count). The van der Waals surface area contributed by atoms with E-state index in [2.05, 4.69) is 11.9 Å². The van der Waals surface area contributed by atoms with Gasteiger partial charge in [-0.1, -0.05) is 19.8 Å². The zero-order valence-corrected chi connectivity index (χ0v) is 9.75. The first-order chi connectivity index (χ1) is 7.59. The van der Waals surface area contributed by atoms with Gasteiger partial charge in [-0.2, -0.15) is 0 Å². The van der Waals surface area contributed by atoms with Crippen LogP contribution in [0, 0.1) is 6.92 Å². The predicted molar refractivity (Wildman–Crippen MR) is 58.6 cm³/mol. The molecule has 1 heterocycles. The van der Waals surface area contributed by atoms with Crippen LogP contribution in [0.2, 0.25) is 0 Å². The van der Waals surface area contributed by atoms with E-state index in [-0.39, 0.29) is 11.2 Å². The number of carboxylic acid groups (broad SMARTS) is 1. The van der Waals surface area contributed by atoms with Crippen molar-refractivity contribution < 1.29 is 14.3 Å². The number of aromatic nitrogens is 1. The van der Waals surface area contributed by atoms with Crippen molar-refractivity contribution in [2.75, 3.05) is 0 Å². The first-order valence-corrected chi connectivity index (χ1v) is 5.80. The summed E-state index contributed by atoms with van der Waals surface area (Å²) in [6.45, 7) is 3.81. The molecule has 16 heavy (non-hydrogen) atoms. The van der Waals surface area contributed by atoms with Crippen LogP contribution < -0.4 is 0 Å². The highest BCUT2D eigenvalue weighted by Crippen LogP contribution is 2.43. The van der Waals surface area contributed by atoms with E-state index in [0.29, 0.717) is 11.6 Å². The Balaban J connectivity index is 2.39. The standard InChI is InChI=1S/C12H17NO3/c1-3-12(6-4-5-7-12)11-13-8(2)9(16-11)10(14)15/h3-7H2,1-2H3,(H,14,15). The molecule has 0 saturated heterocycles. The van der Waals surface area contributed by atoms with E-state index in [1.54, 1.807) is 6.92 Å². The molecule has 1 aliphatic carbocycles. The Labute approximate surface area is 94.7 Å². The van der Waals surface area contributed by atoms with Crippen LogP contribution >= 0.6 is 0 Å². The van der Waals surface area contributed by atoms with Gasteiger partial charge in [-0.3, -0.25) is 0 Å². The second-order valence-corrected chi connectivity index (χ2v) is 4.58. The number of aromatic carboxylic acids is 1. The van der Waals surface area contributed by atoms with Crippen LogP contribution in [0.15, 0.2) is 4.42 Å². The number of hydrogen-bond acceptors (Lipinski definition) is 3. The van der Waals surface area contributed by atoms with E-state index in [9.17, 15) is 4.79 Å². The molecule has 1 saturated carbocycles. The number of carboxylic acids is 1. The summed E-state index contributed by atoms with van der Waals surface area (Å²) in [5.74, 6) is -0.405. The Hall–Kier alpha value is -1.32. The quantitative estimate of drug-likeness (QED) is 0.855. The maximum absolute atomic E-state index is 10.9. The summed E-state index contributed by atoms with van der Waals surface area (Å²) in [5.41, 5.74) is 0.473. The smallest absolute Gasteiger partial charge is 0.373 e. The maximum Gasteiger partial charge on any atom is 0.373 e. The molecule has 1 N–H and O–H groups in total. The number of hydrogen-bond donors (Lipinski definition) is 1. The molecular formula is C12H17NO3. The first-order valence-electron chi connectivity index (χ1n) is 5.80. The lowest BCUT2D eigenvalue weighted by atomic mass is 9.83. The Bertz CT molecular complexity index is 402. The molecular weight excluding hydrogens is 206 g/mol. The zero-order chi connectivity index (χ0) is 11.8. The van der Waals surface area contributed by atoms with Gasteiger partial charge in [0.1, 0.15) is 0 Å². The highest BCUT2D eigenvalue weighted by atomic mass is 16.4. The fraction of sp³-hybridized carbons (Fsp3) is 0.667. The molecule has 0 atom stereocenters. The van der Waals surface area contributed by atoms with Crippen LogP contribution in [0.3, 0.4) is 0 Å². The molecule has 0 bridgehead atoms. The van der Waals surface area contributed by atoms with Crippen LogP contribution in [0.4, 0.5) is 0 Å². The van der Waals surface area contributed by atoms with E-state index < -0.39 is 5.97 Å². The van der Waals surface area contributed by atoms with Gasteiger partial charge in [0.15, 0.2) is 0 Å². The average Bonchev–Trinajstić information content (AvgIpc) is 2.84. The number of nitrogens with zero attached hydrogens (tertiary/aromatic N) is 1. The van der Waals surface area contributed by atoms with Crippen molar-refractivity contribution in [3.05, 3.63) is 17.3 Å². The minimum atomic E-state index is -1.03. The largest absolute Gasteiger partial charge is 0.475 e. The zero-order valence-electron chi connectivity index (χ0n) is 9.75. The molecule has 0 aromatic carbocycles. The monoisotopic (exact) mass is 223 g/mol. The minimum Gasteiger partial charge on any atom is -0.475 e. The van der Waals surface area contributed by atoms with E-state index in [4.69, 9.17) is 9.52 Å². The first kappa shape index (κ1) is 11.2. The molecule has 1 fully saturated rings. The van der Waals surface area contributed by atoms with Gasteiger partial charge in [-0.25, -0.2) is 9.78 Å². The van der Waals surface area contributed by atoms with E-state index in [1.165, 1.54) is 12.8 Å². The average molecular weight is 223 g/mol. The predicted octanol–water partition coefficient (Wildman–Crippen LogP) is 2.90. The van der Waals surface area contributed by atoms with Gasteiger partial charge < -0.3 is 9.52 Å². The van der Waals surface area contributed by atoms with Gasteiger partial charge in [-0.15, -0.1) is 0 Å². The molecule has 4 nitrogen and oxygen atoms in total. The van der Waals surface area contributed by atoms with Crippen molar-refractivity contribution in [1.82, 2.24) is 4.98 Å². The lowest BCUT2D eigenvalue weighted by molar-refractivity contribution is 0.0656. The lowest BCUT2D eigenvalue weighted by Gasteiger charge is -2.22. The van der Waals surface area contributed by atoms with Gasteiger partial charge in [0, 0.05) is 5.41 Å². The second kappa shape index (κ2) is 3.92. The Morgan fingerprint density at radius 2 is 2.12 bits per heavy atom. The molecule has 0 radical (unpaired) electrons. The third kappa shape index (κ3) is 1.62. The van der Waals surface area contributed by atoms with Crippen LogP contribution in [-0.2, 0) is 5.41 Å². The number of rotatable bonds is 3. The summed E-state index contributed by atoms with van der Waals surface area (Å²) in [5, 5.41) is 8.94. The van der Waals surface area contributed by atoms with Gasteiger partial charge in [0.2, 0.25) is 11.7 Å². The van der Waals surface area contributed by atoms with E-state index >= 15 is 0 Å². The molecule has 1 aromatic heterocycles. The molecule has 0 amide bonds. The fourth-order valence-electron chi connectivity index (χ4n) is 2.59. The Morgan fingerprint density at radius 3 is 2.56 bits per heavy atom. The van der Waals surface area contributed by atoms with Gasteiger partial charge in [0.25, 0.3) is 0 Å². The van der Waals surface area contributed by atoms with Crippen molar-refractivity contribution in [2.24, 2.45) is 0 Å². The van der Waals surface area contributed by atoms with E-state index in [1.807, 2.05) is 0 Å². The molecule has 0 aliphatic heterocycles. The Kier molecular flexibility index (Phi) is 2.74. The van der Waals surface area contributed by atoms with Crippen molar-refractivity contribution in [3.63, 3.8) is 0 Å². The summed E-state index contributed by atoms with van der Waals surface area (Å²) in [7, 11) is 0. The third-order valence-electron chi connectivity index (χ3n) is 3.68.